The fraction of sp³-hybridized carbons (Fsp3) is 0.333. The minimum absolute atomic E-state index is 0.282. The summed E-state index contributed by atoms with van der Waals surface area (Å²) in [5.74, 6) is -0.433. The van der Waals surface area contributed by atoms with Crippen molar-refractivity contribution in [2.45, 2.75) is 18.5 Å². The Balaban J connectivity index is 2.52. The molecule has 0 spiro atoms. The van der Waals surface area contributed by atoms with E-state index in [1.807, 2.05) is 0 Å². The number of hydrogen-bond acceptors (Lipinski definition) is 1. The van der Waals surface area contributed by atoms with Crippen molar-refractivity contribution in [3.63, 3.8) is 0 Å². The summed E-state index contributed by atoms with van der Waals surface area (Å²) in [6.45, 7) is 0. The highest BCUT2D eigenvalue weighted by Gasteiger charge is 2.33. The molecule has 1 aliphatic rings. The number of anilines is 1. The summed E-state index contributed by atoms with van der Waals surface area (Å²) in [7, 11) is 3.36. The Morgan fingerprint density at radius 1 is 1.09 bits per heavy atom. The van der Waals surface area contributed by atoms with Crippen LogP contribution in [0, 0.1) is 0 Å². The molecule has 0 N–H and O–H groups in total. The van der Waals surface area contributed by atoms with Crippen LogP contribution in [0.2, 0.25) is 0 Å². The predicted octanol–water partition coefficient (Wildman–Crippen LogP) is 6.07. The van der Waals surface area contributed by atoms with Crippen LogP contribution in [0.1, 0.15) is 23.5 Å². The lowest BCUT2D eigenvalue weighted by atomic mass is 9.90. The van der Waals surface area contributed by atoms with Gasteiger partial charge in [0.2, 0.25) is 0 Å². The Morgan fingerprint density at radius 3 is 2.27 bits per heavy atom. The molecule has 120 valence electrons. The molecule has 0 radical (unpaired) electrons. The maximum Gasteiger partial charge on any atom is 0.416 e. The fourth-order valence-corrected chi connectivity index (χ4v) is 2.98. The highest BCUT2D eigenvalue weighted by atomic mass is 35.5. The van der Waals surface area contributed by atoms with E-state index in [9.17, 15) is 13.2 Å². The SMILES string of the molecule is CN(C)c1cc(C2CC(Cl)=C(Cl)C=C2Cl)cc(C(F)(F)F)c1. The van der Waals surface area contributed by atoms with Gasteiger partial charge in [0.15, 0.2) is 0 Å². The second-order valence-electron chi connectivity index (χ2n) is 5.24. The van der Waals surface area contributed by atoms with Gasteiger partial charge in [0.1, 0.15) is 0 Å². The summed E-state index contributed by atoms with van der Waals surface area (Å²) < 4.78 is 39.3. The third-order valence-corrected chi connectivity index (χ3v) is 4.59. The second-order valence-corrected chi connectivity index (χ2v) is 6.54. The molecule has 22 heavy (non-hydrogen) atoms. The average Bonchev–Trinajstić information content (AvgIpc) is 2.41. The van der Waals surface area contributed by atoms with Gasteiger partial charge < -0.3 is 4.90 Å². The Kier molecular flexibility index (Phi) is 5.05. The van der Waals surface area contributed by atoms with Crippen molar-refractivity contribution in [2.24, 2.45) is 0 Å². The average molecular weight is 371 g/mol. The largest absolute Gasteiger partial charge is 0.416 e. The zero-order valence-electron chi connectivity index (χ0n) is 11.8. The molecule has 0 amide bonds. The van der Waals surface area contributed by atoms with Gasteiger partial charge in [-0.1, -0.05) is 34.8 Å². The molecule has 1 aliphatic carbocycles. The fourth-order valence-electron chi connectivity index (χ4n) is 2.21. The zero-order chi connectivity index (χ0) is 16.7. The van der Waals surface area contributed by atoms with Gasteiger partial charge >= 0.3 is 6.18 Å². The molecule has 2 rings (SSSR count). The summed E-state index contributed by atoms with van der Waals surface area (Å²) in [6.07, 6.45) is -2.66. The van der Waals surface area contributed by atoms with Crippen LogP contribution in [-0.2, 0) is 6.18 Å². The molecule has 0 heterocycles. The standard InChI is InChI=1S/C15H13Cl3F3N/c1-22(2)10-4-8(3-9(5-10)15(19,20)21)11-6-13(17)14(18)7-12(11)16/h3-5,7,11H,6H2,1-2H3. The Hall–Kier alpha value is -0.840. The maximum atomic E-state index is 13.1. The number of benzene rings is 1. The van der Waals surface area contributed by atoms with Gasteiger partial charge in [0.25, 0.3) is 0 Å². The Labute approximate surface area is 141 Å². The van der Waals surface area contributed by atoms with Gasteiger partial charge in [-0.3, -0.25) is 0 Å². The number of alkyl halides is 3. The normalized spacial score (nSPS) is 19.3. The van der Waals surface area contributed by atoms with Crippen molar-refractivity contribution < 1.29 is 13.2 Å². The topological polar surface area (TPSA) is 3.24 Å². The van der Waals surface area contributed by atoms with Crippen LogP contribution in [0.3, 0.4) is 0 Å². The van der Waals surface area contributed by atoms with Crippen molar-refractivity contribution in [2.75, 3.05) is 19.0 Å². The van der Waals surface area contributed by atoms with Crippen molar-refractivity contribution in [3.05, 3.63) is 50.5 Å². The van der Waals surface area contributed by atoms with Gasteiger partial charge in [-0.25, -0.2) is 0 Å². The Morgan fingerprint density at radius 2 is 1.73 bits per heavy atom. The van der Waals surface area contributed by atoms with E-state index in [0.717, 1.165) is 12.1 Å². The van der Waals surface area contributed by atoms with Crippen molar-refractivity contribution >= 4 is 40.5 Å². The third-order valence-electron chi connectivity index (χ3n) is 3.43. The first-order valence-electron chi connectivity index (χ1n) is 6.40. The number of halogens is 6. The van der Waals surface area contributed by atoms with Crippen LogP contribution < -0.4 is 4.90 Å². The van der Waals surface area contributed by atoms with Crippen molar-refractivity contribution in [1.82, 2.24) is 0 Å². The molecule has 0 aliphatic heterocycles. The van der Waals surface area contributed by atoms with Crippen LogP contribution in [0.4, 0.5) is 18.9 Å². The quantitative estimate of drug-likeness (QED) is 0.610. The van der Waals surface area contributed by atoms with Crippen LogP contribution in [-0.4, -0.2) is 14.1 Å². The van der Waals surface area contributed by atoms with Crippen LogP contribution in [0.15, 0.2) is 39.4 Å². The number of allylic oxidation sites excluding steroid dienone is 4. The molecule has 0 saturated heterocycles. The molecule has 0 aromatic heterocycles. The lowest BCUT2D eigenvalue weighted by Gasteiger charge is -2.24. The predicted molar refractivity (Wildman–Crippen MR) is 85.8 cm³/mol. The van der Waals surface area contributed by atoms with E-state index in [2.05, 4.69) is 0 Å². The summed E-state index contributed by atoms with van der Waals surface area (Å²) in [5, 5.41) is 1.08. The first-order valence-corrected chi connectivity index (χ1v) is 7.53. The number of hydrogen-bond donors (Lipinski definition) is 0. The first-order chi connectivity index (χ1) is 10.1. The molecule has 1 unspecified atom stereocenters. The monoisotopic (exact) mass is 369 g/mol. The van der Waals surface area contributed by atoms with E-state index in [-0.39, 0.29) is 6.42 Å². The van der Waals surface area contributed by atoms with Gasteiger partial charge in [-0.15, -0.1) is 0 Å². The lowest BCUT2D eigenvalue weighted by Crippen LogP contribution is -2.14. The van der Waals surface area contributed by atoms with Crippen LogP contribution in [0.25, 0.3) is 0 Å². The Bertz CT molecular complexity index is 648. The second kappa shape index (κ2) is 6.34. The molecular formula is C15H13Cl3F3N. The maximum absolute atomic E-state index is 13.1. The number of nitrogens with zero attached hydrogens (tertiary/aromatic N) is 1. The first kappa shape index (κ1) is 17.5. The van der Waals surface area contributed by atoms with E-state index in [1.165, 1.54) is 6.08 Å². The van der Waals surface area contributed by atoms with Crippen LogP contribution in [0.5, 0.6) is 0 Å². The molecule has 0 bridgehead atoms. The van der Waals surface area contributed by atoms with E-state index in [1.54, 1.807) is 25.1 Å². The highest BCUT2D eigenvalue weighted by molar-refractivity contribution is 6.42. The van der Waals surface area contributed by atoms with E-state index in [0.29, 0.717) is 26.3 Å². The van der Waals surface area contributed by atoms with Crippen molar-refractivity contribution in [1.29, 1.82) is 0 Å². The zero-order valence-corrected chi connectivity index (χ0v) is 14.1. The molecule has 0 saturated carbocycles. The molecule has 1 nitrogen and oxygen atoms in total. The summed E-state index contributed by atoms with van der Waals surface area (Å²) >= 11 is 18.1. The summed E-state index contributed by atoms with van der Waals surface area (Å²) in [4.78, 5) is 1.61. The molecule has 0 fully saturated rings. The molecule has 1 atom stereocenters. The minimum atomic E-state index is -4.43. The van der Waals surface area contributed by atoms with Crippen molar-refractivity contribution in [3.8, 4) is 0 Å². The van der Waals surface area contributed by atoms with E-state index in [4.69, 9.17) is 34.8 Å². The highest BCUT2D eigenvalue weighted by Crippen LogP contribution is 2.43. The molecular weight excluding hydrogens is 358 g/mol. The van der Waals surface area contributed by atoms with Crippen LogP contribution >= 0.6 is 34.8 Å². The smallest absolute Gasteiger partial charge is 0.378 e. The van der Waals surface area contributed by atoms with Gasteiger partial charge in [-0.05, 0) is 36.3 Å². The third kappa shape index (κ3) is 3.73. The number of rotatable bonds is 2. The molecule has 1 aromatic rings. The summed E-state index contributed by atoms with van der Waals surface area (Å²) in [6, 6.07) is 3.89. The summed E-state index contributed by atoms with van der Waals surface area (Å²) in [5.41, 5.74) is 0.197. The molecule has 1 aromatic carbocycles. The van der Waals surface area contributed by atoms with Gasteiger partial charge in [0, 0.05) is 35.8 Å². The minimum Gasteiger partial charge on any atom is -0.378 e. The van der Waals surface area contributed by atoms with E-state index >= 15 is 0 Å². The van der Waals surface area contributed by atoms with Gasteiger partial charge in [-0.2, -0.15) is 13.2 Å². The lowest BCUT2D eigenvalue weighted by molar-refractivity contribution is -0.137. The van der Waals surface area contributed by atoms with E-state index < -0.39 is 17.7 Å². The van der Waals surface area contributed by atoms with Gasteiger partial charge in [0.05, 0.1) is 10.6 Å². The molecule has 7 heteroatoms.